The van der Waals surface area contributed by atoms with Gasteiger partial charge in [-0.15, -0.1) is 0 Å². The van der Waals surface area contributed by atoms with Crippen molar-refractivity contribution in [1.82, 2.24) is 0 Å². The maximum atomic E-state index is 12.9. The van der Waals surface area contributed by atoms with Gasteiger partial charge in [-0.05, 0) is 32.4 Å². The van der Waals surface area contributed by atoms with Crippen LogP contribution in [0.15, 0.2) is 17.0 Å². The zero-order chi connectivity index (χ0) is 15.0. The van der Waals surface area contributed by atoms with E-state index in [-0.39, 0.29) is 11.1 Å². The van der Waals surface area contributed by atoms with Gasteiger partial charge in [0.15, 0.2) is 9.84 Å². The van der Waals surface area contributed by atoms with Crippen molar-refractivity contribution in [2.24, 2.45) is 0 Å². The van der Waals surface area contributed by atoms with Crippen molar-refractivity contribution in [2.45, 2.75) is 37.3 Å². The van der Waals surface area contributed by atoms with Crippen molar-refractivity contribution in [3.05, 3.63) is 28.8 Å². The Bertz CT molecular complexity index is 606. The third-order valence-electron chi connectivity index (χ3n) is 2.81. The monoisotopic (exact) mass is 292 g/mol. The summed E-state index contributed by atoms with van der Waals surface area (Å²) in [5.41, 5.74) is -1.10. The van der Waals surface area contributed by atoms with Crippen LogP contribution in [0.1, 0.15) is 41.8 Å². The van der Waals surface area contributed by atoms with E-state index in [1.165, 1.54) is 20.8 Å². The molecule has 1 aromatic carbocycles. The first kappa shape index (κ1) is 15.6. The van der Waals surface area contributed by atoms with Crippen molar-refractivity contribution < 1.29 is 27.1 Å². The van der Waals surface area contributed by atoms with E-state index in [1.54, 1.807) is 0 Å². The molecule has 0 spiro atoms. The molecule has 4 nitrogen and oxygen atoms in total. The normalized spacial score (nSPS) is 12.2. The largest absolute Gasteiger partial charge is 0.478 e. The fourth-order valence-electron chi connectivity index (χ4n) is 1.73. The van der Waals surface area contributed by atoms with Gasteiger partial charge < -0.3 is 5.11 Å². The number of alkyl halides is 2. The fourth-order valence-corrected chi connectivity index (χ4v) is 3.22. The number of halogens is 2. The average Bonchev–Trinajstić information content (AvgIpc) is 2.26. The Hall–Kier alpha value is -1.50. The van der Waals surface area contributed by atoms with Crippen LogP contribution in [-0.4, -0.2) is 24.7 Å². The number of benzene rings is 1. The smallest absolute Gasteiger partial charge is 0.335 e. The molecule has 0 unspecified atom stereocenters. The second-order valence-corrected chi connectivity index (χ2v) is 6.80. The number of hydrogen-bond donors (Lipinski definition) is 1. The lowest BCUT2D eigenvalue weighted by Crippen LogP contribution is -2.19. The lowest BCUT2D eigenvalue weighted by Gasteiger charge is -2.16. The van der Waals surface area contributed by atoms with Crippen LogP contribution in [0.5, 0.6) is 0 Å². The fraction of sp³-hybridized carbons (Fsp3) is 0.417. The summed E-state index contributed by atoms with van der Waals surface area (Å²) in [5, 5.41) is 8.03. The maximum Gasteiger partial charge on any atom is 0.335 e. The summed E-state index contributed by atoms with van der Waals surface area (Å²) in [7, 11) is -3.98. The molecule has 0 saturated heterocycles. The highest BCUT2D eigenvalue weighted by molar-refractivity contribution is 7.92. The third kappa shape index (κ3) is 2.75. The molecule has 7 heteroatoms. The molecule has 0 fully saturated rings. The lowest BCUT2D eigenvalue weighted by molar-refractivity contribution is 0.0695. The molecule has 1 N–H and O–H groups in total. The summed E-state index contributed by atoms with van der Waals surface area (Å²) >= 11 is 0. The van der Waals surface area contributed by atoms with Crippen molar-refractivity contribution in [2.75, 3.05) is 0 Å². The van der Waals surface area contributed by atoms with Crippen LogP contribution >= 0.6 is 0 Å². The Morgan fingerprint density at radius 2 is 1.79 bits per heavy atom. The summed E-state index contributed by atoms with van der Waals surface area (Å²) in [6.45, 7) is 3.94. The van der Waals surface area contributed by atoms with E-state index in [1.807, 2.05) is 0 Å². The van der Waals surface area contributed by atoms with Crippen LogP contribution in [0.25, 0.3) is 0 Å². The van der Waals surface area contributed by atoms with Crippen LogP contribution in [-0.2, 0) is 9.84 Å². The number of hydrogen-bond acceptors (Lipinski definition) is 3. The quantitative estimate of drug-likeness (QED) is 0.926. The Balaban J connectivity index is 3.77. The lowest BCUT2D eigenvalue weighted by atomic mass is 10.1. The molecule has 0 radical (unpaired) electrons. The van der Waals surface area contributed by atoms with Gasteiger partial charge in [0.05, 0.1) is 15.7 Å². The summed E-state index contributed by atoms with van der Waals surface area (Å²) < 4.78 is 50.1. The number of aromatic carboxylic acids is 1. The van der Waals surface area contributed by atoms with Gasteiger partial charge in [0.25, 0.3) is 6.43 Å². The van der Waals surface area contributed by atoms with Gasteiger partial charge in [0.1, 0.15) is 0 Å². The minimum Gasteiger partial charge on any atom is -0.478 e. The summed E-state index contributed by atoms with van der Waals surface area (Å²) in [6, 6.07) is 1.86. The first-order valence-corrected chi connectivity index (χ1v) is 7.04. The standard InChI is InChI=1S/C12H14F2O4S/c1-6(2)19(17,18)10-7(3)8(12(15)16)4-5-9(10)11(13)14/h4-6,11H,1-3H3,(H,15,16). The summed E-state index contributed by atoms with van der Waals surface area (Å²) in [5.74, 6) is -1.35. The molecule has 0 atom stereocenters. The van der Waals surface area contributed by atoms with Gasteiger partial charge in [-0.3, -0.25) is 0 Å². The predicted octanol–water partition coefficient (Wildman–Crippen LogP) is 2.81. The van der Waals surface area contributed by atoms with E-state index < -0.39 is 37.9 Å². The zero-order valence-corrected chi connectivity index (χ0v) is 11.5. The van der Waals surface area contributed by atoms with Crippen molar-refractivity contribution in [3.8, 4) is 0 Å². The van der Waals surface area contributed by atoms with Gasteiger partial charge >= 0.3 is 5.97 Å². The van der Waals surface area contributed by atoms with Gasteiger partial charge in [-0.1, -0.05) is 6.07 Å². The number of carboxylic acid groups (broad SMARTS) is 1. The third-order valence-corrected chi connectivity index (χ3v) is 5.16. The second-order valence-electron chi connectivity index (χ2n) is 4.36. The van der Waals surface area contributed by atoms with Gasteiger partial charge in [0, 0.05) is 5.56 Å². The molecular weight excluding hydrogens is 278 g/mol. The number of carboxylic acids is 1. The molecule has 0 aliphatic heterocycles. The van der Waals surface area contributed by atoms with E-state index in [9.17, 15) is 22.0 Å². The second kappa shape index (κ2) is 5.24. The Labute approximate surface area is 110 Å². The molecule has 0 amide bonds. The van der Waals surface area contributed by atoms with E-state index in [0.29, 0.717) is 0 Å². The minimum atomic E-state index is -3.98. The molecule has 1 aromatic rings. The molecular formula is C12H14F2O4S. The Morgan fingerprint density at radius 3 is 2.16 bits per heavy atom. The SMILES string of the molecule is Cc1c(C(=O)O)ccc(C(F)F)c1S(=O)(=O)C(C)C. The van der Waals surface area contributed by atoms with Gasteiger partial charge in [-0.2, -0.15) is 0 Å². The number of rotatable bonds is 4. The summed E-state index contributed by atoms with van der Waals surface area (Å²) in [4.78, 5) is 10.4. The minimum absolute atomic E-state index is 0.154. The molecule has 0 heterocycles. The number of carbonyl (C=O) groups is 1. The molecule has 0 aromatic heterocycles. The van der Waals surface area contributed by atoms with Crippen molar-refractivity contribution in [3.63, 3.8) is 0 Å². The van der Waals surface area contributed by atoms with E-state index >= 15 is 0 Å². The number of sulfone groups is 1. The van der Waals surface area contributed by atoms with Crippen LogP contribution in [0.2, 0.25) is 0 Å². The average molecular weight is 292 g/mol. The van der Waals surface area contributed by atoms with Crippen molar-refractivity contribution >= 4 is 15.8 Å². The van der Waals surface area contributed by atoms with Crippen LogP contribution in [0.3, 0.4) is 0 Å². The molecule has 0 bridgehead atoms. The van der Waals surface area contributed by atoms with Crippen molar-refractivity contribution in [1.29, 1.82) is 0 Å². The highest BCUT2D eigenvalue weighted by atomic mass is 32.2. The molecule has 0 saturated carbocycles. The van der Waals surface area contributed by atoms with E-state index in [4.69, 9.17) is 5.11 Å². The predicted molar refractivity (Wildman–Crippen MR) is 65.4 cm³/mol. The summed E-state index contributed by atoms with van der Waals surface area (Å²) in [6.07, 6.45) is -2.98. The molecule has 1 rings (SSSR count). The zero-order valence-electron chi connectivity index (χ0n) is 10.6. The Morgan fingerprint density at radius 1 is 1.26 bits per heavy atom. The molecule has 0 aliphatic carbocycles. The van der Waals surface area contributed by atoms with Gasteiger partial charge in [0.2, 0.25) is 0 Å². The van der Waals surface area contributed by atoms with Crippen LogP contribution < -0.4 is 0 Å². The highest BCUT2D eigenvalue weighted by Crippen LogP contribution is 2.33. The maximum absolute atomic E-state index is 12.9. The highest BCUT2D eigenvalue weighted by Gasteiger charge is 2.30. The molecule has 0 aliphatic rings. The molecule has 19 heavy (non-hydrogen) atoms. The van der Waals surface area contributed by atoms with Crippen LogP contribution in [0.4, 0.5) is 8.78 Å². The van der Waals surface area contributed by atoms with Crippen LogP contribution in [0, 0.1) is 6.92 Å². The Kier molecular flexibility index (Phi) is 4.29. The first-order valence-electron chi connectivity index (χ1n) is 5.49. The topological polar surface area (TPSA) is 71.4 Å². The van der Waals surface area contributed by atoms with E-state index in [0.717, 1.165) is 12.1 Å². The van der Waals surface area contributed by atoms with E-state index in [2.05, 4.69) is 0 Å². The van der Waals surface area contributed by atoms with Gasteiger partial charge in [-0.25, -0.2) is 22.0 Å². The first-order chi connectivity index (χ1) is 8.60. The molecule has 106 valence electrons.